The molecular weight excluding hydrogens is 215 g/mol. The van der Waals surface area contributed by atoms with Gasteiger partial charge >= 0.3 is 0 Å². The topological polar surface area (TPSA) is 29.9 Å². The van der Waals surface area contributed by atoms with E-state index in [9.17, 15) is 4.39 Å². The van der Waals surface area contributed by atoms with Crippen molar-refractivity contribution in [2.75, 3.05) is 7.11 Å². The highest BCUT2D eigenvalue weighted by atomic mass is 32.1. The Morgan fingerprint density at radius 3 is 2.87 bits per heavy atom. The summed E-state index contributed by atoms with van der Waals surface area (Å²) in [6.07, 6.45) is 0. The van der Waals surface area contributed by atoms with Crippen LogP contribution in [-0.2, 0) is 6.54 Å². The number of benzene rings is 1. The van der Waals surface area contributed by atoms with Gasteiger partial charge in [0.1, 0.15) is 0 Å². The number of nitrogens with zero attached hydrogens (tertiary/aromatic N) is 1. The van der Waals surface area contributed by atoms with E-state index in [-0.39, 0.29) is 11.6 Å². The Morgan fingerprint density at radius 2 is 2.27 bits per heavy atom. The third-order valence-corrected chi connectivity index (χ3v) is 2.69. The number of imidazole rings is 1. The lowest BCUT2D eigenvalue weighted by atomic mass is 10.3. The predicted molar refractivity (Wildman–Crippen MR) is 59.3 cm³/mol. The van der Waals surface area contributed by atoms with Gasteiger partial charge in [0.2, 0.25) is 0 Å². The largest absolute Gasteiger partial charge is 0.494 e. The highest BCUT2D eigenvalue weighted by Gasteiger charge is 2.09. The summed E-state index contributed by atoms with van der Waals surface area (Å²) in [6.45, 7) is 2.73. The van der Waals surface area contributed by atoms with Gasteiger partial charge < -0.3 is 14.3 Å². The van der Waals surface area contributed by atoms with E-state index in [1.807, 2.05) is 11.5 Å². The summed E-state index contributed by atoms with van der Waals surface area (Å²) in [5.41, 5.74) is 1.56. The standard InChI is InChI=1S/C10H11FN2OS/c1-3-13-8-5-9(14-2)6(11)4-7(8)12-10(13)15/h4-5H,3H2,1-2H3,(H,12,15). The van der Waals surface area contributed by atoms with Crippen LogP contribution in [0, 0.1) is 10.6 Å². The monoisotopic (exact) mass is 226 g/mol. The number of aryl methyl sites for hydroxylation is 1. The zero-order valence-electron chi connectivity index (χ0n) is 8.50. The van der Waals surface area contributed by atoms with Crippen molar-refractivity contribution in [3.63, 3.8) is 0 Å². The molecular formula is C10H11FN2OS. The zero-order valence-corrected chi connectivity index (χ0v) is 9.32. The molecule has 0 aliphatic heterocycles. The fourth-order valence-electron chi connectivity index (χ4n) is 1.63. The summed E-state index contributed by atoms with van der Waals surface area (Å²) in [4.78, 5) is 2.95. The van der Waals surface area contributed by atoms with Gasteiger partial charge in [0.05, 0.1) is 18.1 Å². The molecule has 3 nitrogen and oxygen atoms in total. The molecule has 80 valence electrons. The average molecular weight is 226 g/mol. The second-order valence-corrected chi connectivity index (χ2v) is 3.57. The molecule has 1 heterocycles. The van der Waals surface area contributed by atoms with Gasteiger partial charge in [-0.3, -0.25) is 0 Å². The number of methoxy groups -OCH3 is 1. The molecule has 0 bridgehead atoms. The summed E-state index contributed by atoms with van der Waals surface area (Å²) in [6, 6.07) is 3.05. The molecule has 1 aromatic carbocycles. The first kappa shape index (κ1) is 10.2. The average Bonchev–Trinajstić information content (AvgIpc) is 2.51. The Morgan fingerprint density at radius 1 is 1.53 bits per heavy atom. The lowest BCUT2D eigenvalue weighted by Crippen LogP contribution is -1.94. The smallest absolute Gasteiger partial charge is 0.178 e. The number of rotatable bonds is 2. The van der Waals surface area contributed by atoms with Crippen LogP contribution in [0.15, 0.2) is 12.1 Å². The highest BCUT2D eigenvalue weighted by molar-refractivity contribution is 7.71. The van der Waals surface area contributed by atoms with E-state index in [1.165, 1.54) is 13.2 Å². The second kappa shape index (κ2) is 3.66. The minimum absolute atomic E-state index is 0.235. The first-order chi connectivity index (χ1) is 7.17. The van der Waals surface area contributed by atoms with Crippen LogP contribution in [-0.4, -0.2) is 16.7 Å². The van der Waals surface area contributed by atoms with E-state index in [0.29, 0.717) is 10.3 Å². The molecule has 0 saturated carbocycles. The van der Waals surface area contributed by atoms with Gasteiger partial charge in [-0.1, -0.05) is 0 Å². The molecule has 5 heteroatoms. The van der Waals surface area contributed by atoms with Crippen LogP contribution < -0.4 is 4.74 Å². The maximum Gasteiger partial charge on any atom is 0.178 e. The van der Waals surface area contributed by atoms with Crippen LogP contribution in [0.3, 0.4) is 0 Å². The normalized spacial score (nSPS) is 10.9. The summed E-state index contributed by atoms with van der Waals surface area (Å²) in [7, 11) is 1.45. The molecule has 0 aliphatic rings. The van der Waals surface area contributed by atoms with Crippen molar-refractivity contribution >= 4 is 23.3 Å². The van der Waals surface area contributed by atoms with Crippen molar-refractivity contribution < 1.29 is 9.13 Å². The molecule has 0 aliphatic carbocycles. The van der Waals surface area contributed by atoms with Crippen LogP contribution in [0.1, 0.15) is 6.92 Å². The van der Waals surface area contributed by atoms with E-state index >= 15 is 0 Å². The van der Waals surface area contributed by atoms with E-state index in [1.54, 1.807) is 6.07 Å². The van der Waals surface area contributed by atoms with Crippen LogP contribution in [0.25, 0.3) is 11.0 Å². The Balaban J connectivity index is 2.82. The fourth-order valence-corrected chi connectivity index (χ4v) is 1.97. The van der Waals surface area contributed by atoms with E-state index in [2.05, 4.69) is 4.98 Å². The number of fused-ring (bicyclic) bond motifs is 1. The number of ether oxygens (including phenoxy) is 1. The van der Waals surface area contributed by atoms with E-state index < -0.39 is 0 Å². The van der Waals surface area contributed by atoms with E-state index in [0.717, 1.165) is 12.1 Å². The third kappa shape index (κ3) is 1.52. The quantitative estimate of drug-likeness (QED) is 0.798. The van der Waals surface area contributed by atoms with Gasteiger partial charge in [0, 0.05) is 18.7 Å². The zero-order chi connectivity index (χ0) is 11.0. The van der Waals surface area contributed by atoms with Gasteiger partial charge in [-0.25, -0.2) is 4.39 Å². The predicted octanol–water partition coefficient (Wildman–Crippen LogP) is 2.87. The van der Waals surface area contributed by atoms with E-state index in [4.69, 9.17) is 17.0 Å². The molecule has 0 saturated heterocycles. The first-order valence-corrected chi connectivity index (χ1v) is 5.04. The molecule has 0 radical (unpaired) electrons. The fraction of sp³-hybridized carbons (Fsp3) is 0.300. The number of hydrogen-bond acceptors (Lipinski definition) is 2. The molecule has 15 heavy (non-hydrogen) atoms. The number of halogens is 1. The van der Waals surface area contributed by atoms with Crippen LogP contribution in [0.2, 0.25) is 0 Å². The van der Waals surface area contributed by atoms with Crippen molar-refractivity contribution in [3.8, 4) is 5.75 Å². The molecule has 0 atom stereocenters. The summed E-state index contributed by atoms with van der Waals surface area (Å²) >= 11 is 5.12. The summed E-state index contributed by atoms with van der Waals surface area (Å²) in [5.74, 6) is -0.150. The molecule has 0 amide bonds. The van der Waals surface area contributed by atoms with Crippen LogP contribution in [0.4, 0.5) is 4.39 Å². The van der Waals surface area contributed by atoms with Crippen LogP contribution >= 0.6 is 12.2 Å². The van der Waals surface area contributed by atoms with Crippen molar-refractivity contribution in [3.05, 3.63) is 22.7 Å². The minimum atomic E-state index is -0.385. The third-order valence-electron chi connectivity index (χ3n) is 2.36. The molecule has 0 fully saturated rings. The first-order valence-electron chi connectivity index (χ1n) is 4.63. The SMILES string of the molecule is CCn1c(=S)[nH]c2cc(F)c(OC)cc21. The van der Waals surface area contributed by atoms with Gasteiger partial charge in [-0.15, -0.1) is 0 Å². The van der Waals surface area contributed by atoms with Crippen molar-refractivity contribution in [1.29, 1.82) is 0 Å². The number of nitrogens with one attached hydrogen (secondary N) is 1. The molecule has 0 spiro atoms. The lowest BCUT2D eigenvalue weighted by molar-refractivity contribution is 0.387. The lowest BCUT2D eigenvalue weighted by Gasteiger charge is -2.03. The minimum Gasteiger partial charge on any atom is -0.494 e. The summed E-state index contributed by atoms with van der Waals surface area (Å²) in [5, 5.41) is 0. The van der Waals surface area contributed by atoms with Crippen molar-refractivity contribution in [2.24, 2.45) is 0 Å². The number of aromatic nitrogens is 2. The molecule has 0 unspecified atom stereocenters. The summed E-state index contributed by atoms with van der Waals surface area (Å²) < 4.78 is 20.8. The number of H-pyrrole nitrogens is 1. The number of hydrogen-bond donors (Lipinski definition) is 1. The maximum atomic E-state index is 13.4. The van der Waals surface area contributed by atoms with Gasteiger partial charge in [-0.05, 0) is 19.1 Å². The van der Waals surface area contributed by atoms with Gasteiger partial charge in [-0.2, -0.15) is 0 Å². The Labute approximate surface area is 91.5 Å². The molecule has 2 aromatic rings. The number of aromatic amines is 1. The van der Waals surface area contributed by atoms with Gasteiger partial charge in [0.25, 0.3) is 0 Å². The molecule has 1 aromatic heterocycles. The maximum absolute atomic E-state index is 13.4. The second-order valence-electron chi connectivity index (χ2n) is 3.18. The van der Waals surface area contributed by atoms with Gasteiger partial charge in [0.15, 0.2) is 16.3 Å². The Hall–Kier alpha value is -1.36. The highest BCUT2D eigenvalue weighted by Crippen LogP contribution is 2.24. The Bertz CT molecular complexity index is 558. The molecule has 1 N–H and O–H groups in total. The van der Waals surface area contributed by atoms with Crippen molar-refractivity contribution in [1.82, 2.24) is 9.55 Å². The molecule has 2 rings (SSSR count). The Kier molecular flexibility index (Phi) is 2.48. The van der Waals surface area contributed by atoms with Crippen molar-refractivity contribution in [2.45, 2.75) is 13.5 Å². The van der Waals surface area contributed by atoms with Crippen LogP contribution in [0.5, 0.6) is 5.75 Å².